The van der Waals surface area contributed by atoms with Crippen LogP contribution >= 0.6 is 0 Å². The summed E-state index contributed by atoms with van der Waals surface area (Å²) in [6, 6.07) is 15.9. The summed E-state index contributed by atoms with van der Waals surface area (Å²) >= 11 is 0. The van der Waals surface area contributed by atoms with Gasteiger partial charge < -0.3 is 10.2 Å². The summed E-state index contributed by atoms with van der Waals surface area (Å²) in [7, 11) is -0.990. The first-order chi connectivity index (χ1) is 9.09. The normalized spacial score (nSPS) is 12.6. The van der Waals surface area contributed by atoms with Crippen LogP contribution in [-0.2, 0) is 17.2 Å². The lowest BCUT2D eigenvalue weighted by Crippen LogP contribution is -2.08. The molecule has 0 aromatic heterocycles. The number of benzene rings is 2. The number of hydrogen-bond acceptors (Lipinski definition) is 2. The Kier molecular flexibility index (Phi) is 3.97. The summed E-state index contributed by atoms with van der Waals surface area (Å²) in [5, 5.41) is 13.9. The average molecular weight is 276 g/mol. The number of carboxylic acid groups (broad SMARTS) is 2. The van der Waals surface area contributed by atoms with E-state index in [1.54, 1.807) is 0 Å². The lowest BCUT2D eigenvalue weighted by Gasteiger charge is -2.18. The van der Waals surface area contributed by atoms with Crippen LogP contribution in [-0.4, -0.2) is 20.6 Å². The highest BCUT2D eigenvalue weighted by Gasteiger charge is 2.20. The molecule has 2 aromatic carbocycles. The van der Waals surface area contributed by atoms with Gasteiger partial charge in [0.25, 0.3) is 0 Å². The van der Waals surface area contributed by atoms with Crippen molar-refractivity contribution in [1.29, 1.82) is 0 Å². The zero-order chi connectivity index (χ0) is 13.8. The maximum absolute atomic E-state index is 12.2. The van der Waals surface area contributed by atoms with Gasteiger partial charge in [0.2, 0.25) is 0 Å². The van der Waals surface area contributed by atoms with Crippen molar-refractivity contribution in [1.82, 2.24) is 0 Å². The predicted molar refractivity (Wildman–Crippen MR) is 71.0 cm³/mol. The van der Waals surface area contributed by atoms with Gasteiger partial charge in [0, 0.05) is 9.79 Å². The van der Waals surface area contributed by atoms with E-state index in [9.17, 15) is 4.21 Å². The van der Waals surface area contributed by atoms with Gasteiger partial charge in [0.1, 0.15) is 0 Å². The Morgan fingerprint density at radius 1 is 0.895 bits per heavy atom. The van der Waals surface area contributed by atoms with Crippen molar-refractivity contribution in [2.45, 2.75) is 16.2 Å². The van der Waals surface area contributed by atoms with Gasteiger partial charge in [-0.1, -0.05) is 36.4 Å². The summed E-state index contributed by atoms with van der Waals surface area (Å²) in [4.78, 5) is 10.5. The Bertz CT molecular complexity index is 585. The zero-order valence-electron chi connectivity index (χ0n) is 9.95. The van der Waals surface area contributed by atoms with Gasteiger partial charge in [-0.3, -0.25) is 0 Å². The quantitative estimate of drug-likeness (QED) is 0.662. The molecule has 2 aromatic rings. The number of rotatable bonds is 0. The third-order valence-electron chi connectivity index (χ3n) is 2.73. The van der Waals surface area contributed by atoms with Crippen LogP contribution < -0.4 is 0 Å². The highest BCUT2D eigenvalue weighted by atomic mass is 32.2. The highest BCUT2D eigenvalue weighted by Crippen LogP contribution is 2.30. The molecule has 0 atom stereocenters. The van der Waals surface area contributed by atoms with Gasteiger partial charge in [-0.05, 0) is 29.7 Å². The molecule has 0 radical (unpaired) electrons. The van der Waals surface area contributed by atoms with Crippen LogP contribution in [0.2, 0.25) is 0 Å². The monoisotopic (exact) mass is 276 g/mol. The van der Waals surface area contributed by atoms with E-state index in [0.29, 0.717) is 0 Å². The molecule has 4 nitrogen and oxygen atoms in total. The Balaban J connectivity index is 0.000000297. The molecule has 1 aliphatic heterocycles. The molecule has 2 N–H and O–H groups in total. The zero-order valence-corrected chi connectivity index (χ0v) is 10.8. The fraction of sp³-hybridized carbons (Fsp3) is 0.0714. The smallest absolute Gasteiger partial charge is 0.450 e. The van der Waals surface area contributed by atoms with E-state index in [-0.39, 0.29) is 0 Å². The minimum Gasteiger partial charge on any atom is -0.450 e. The number of hydrogen-bond donors (Lipinski definition) is 2. The molecule has 1 aliphatic rings. The third kappa shape index (κ3) is 3.00. The molecule has 0 unspecified atom stereocenters. The van der Waals surface area contributed by atoms with Crippen molar-refractivity contribution < 1.29 is 19.2 Å². The summed E-state index contributed by atoms with van der Waals surface area (Å²) in [6.45, 7) is 0. The molecule has 0 spiro atoms. The first kappa shape index (κ1) is 13.3. The van der Waals surface area contributed by atoms with Crippen molar-refractivity contribution in [3.8, 4) is 0 Å². The second kappa shape index (κ2) is 5.67. The van der Waals surface area contributed by atoms with Crippen LogP contribution in [0.5, 0.6) is 0 Å². The molecule has 1 heterocycles. The molecule has 0 bridgehead atoms. The van der Waals surface area contributed by atoms with E-state index in [2.05, 4.69) is 12.1 Å². The van der Waals surface area contributed by atoms with Crippen LogP contribution in [0.1, 0.15) is 11.1 Å². The van der Waals surface area contributed by atoms with Crippen LogP contribution in [0.15, 0.2) is 58.3 Å². The Hall–Kier alpha value is -2.14. The minimum absolute atomic E-state index is 0.901. The van der Waals surface area contributed by atoms with Crippen LogP contribution in [0.4, 0.5) is 4.79 Å². The molecule has 19 heavy (non-hydrogen) atoms. The molecule has 98 valence electrons. The van der Waals surface area contributed by atoms with Crippen molar-refractivity contribution >= 4 is 17.0 Å². The van der Waals surface area contributed by atoms with Gasteiger partial charge in [-0.15, -0.1) is 0 Å². The second-order valence-electron chi connectivity index (χ2n) is 3.94. The lowest BCUT2D eigenvalue weighted by molar-refractivity contribution is 0.137. The standard InChI is InChI=1S/C13H10OS.CH2O3/c14-15-12-7-3-1-5-10(12)9-11-6-2-4-8-13(11)15;2-1(3)4/h1-8H,9H2;(H2,2,3,4). The highest BCUT2D eigenvalue weighted by molar-refractivity contribution is 7.85. The largest absolute Gasteiger partial charge is 0.503 e. The van der Waals surface area contributed by atoms with Gasteiger partial charge in [0.15, 0.2) is 0 Å². The third-order valence-corrected chi connectivity index (χ3v) is 4.32. The van der Waals surface area contributed by atoms with Crippen molar-refractivity contribution in [3.63, 3.8) is 0 Å². The van der Waals surface area contributed by atoms with Crippen molar-refractivity contribution in [3.05, 3.63) is 59.7 Å². The Morgan fingerprint density at radius 3 is 1.68 bits per heavy atom. The Morgan fingerprint density at radius 2 is 1.26 bits per heavy atom. The van der Waals surface area contributed by atoms with E-state index < -0.39 is 17.0 Å². The van der Waals surface area contributed by atoms with Gasteiger partial charge in [-0.25, -0.2) is 9.00 Å². The van der Waals surface area contributed by atoms with Crippen LogP contribution in [0.25, 0.3) is 0 Å². The molecule has 0 amide bonds. The lowest BCUT2D eigenvalue weighted by atomic mass is 10.0. The first-order valence-electron chi connectivity index (χ1n) is 5.59. The number of fused-ring (bicyclic) bond motifs is 2. The molecular weight excluding hydrogens is 264 g/mol. The van der Waals surface area contributed by atoms with Gasteiger partial charge in [-0.2, -0.15) is 0 Å². The summed E-state index contributed by atoms with van der Waals surface area (Å²) < 4.78 is 12.2. The predicted octanol–water partition coefficient (Wildman–Crippen LogP) is 2.98. The maximum Gasteiger partial charge on any atom is 0.503 e. The topological polar surface area (TPSA) is 74.6 Å². The van der Waals surface area contributed by atoms with E-state index >= 15 is 0 Å². The average Bonchev–Trinajstić information content (AvgIpc) is 2.38. The molecular formula is C14H12O4S. The first-order valence-corrected chi connectivity index (χ1v) is 6.74. The van der Waals surface area contributed by atoms with E-state index in [0.717, 1.165) is 16.2 Å². The summed E-state index contributed by atoms with van der Waals surface area (Å²) in [5.41, 5.74) is 2.38. The van der Waals surface area contributed by atoms with Crippen LogP contribution in [0, 0.1) is 0 Å². The van der Waals surface area contributed by atoms with Gasteiger partial charge in [0.05, 0.1) is 10.8 Å². The minimum atomic E-state index is -1.83. The van der Waals surface area contributed by atoms with Crippen molar-refractivity contribution in [2.75, 3.05) is 0 Å². The molecule has 3 rings (SSSR count). The van der Waals surface area contributed by atoms with Crippen molar-refractivity contribution in [2.24, 2.45) is 0 Å². The molecule has 5 heteroatoms. The van der Waals surface area contributed by atoms with Crippen LogP contribution in [0.3, 0.4) is 0 Å². The fourth-order valence-corrected chi connectivity index (χ4v) is 3.38. The molecule has 0 fully saturated rings. The summed E-state index contributed by atoms with van der Waals surface area (Å²) in [6.07, 6.45) is -0.932. The van der Waals surface area contributed by atoms with E-state index in [4.69, 9.17) is 15.0 Å². The Labute approximate surface area is 112 Å². The number of carbonyl (C=O) groups is 1. The van der Waals surface area contributed by atoms with E-state index in [1.165, 1.54) is 11.1 Å². The maximum atomic E-state index is 12.2. The molecule has 0 saturated heterocycles. The fourth-order valence-electron chi connectivity index (χ4n) is 1.99. The molecule has 0 saturated carbocycles. The second-order valence-corrected chi connectivity index (χ2v) is 5.36. The molecule has 0 aliphatic carbocycles. The van der Waals surface area contributed by atoms with E-state index in [1.807, 2.05) is 36.4 Å². The summed E-state index contributed by atoms with van der Waals surface area (Å²) in [5.74, 6) is 0. The van der Waals surface area contributed by atoms with Gasteiger partial charge >= 0.3 is 6.16 Å². The SMILES string of the molecule is O=C(O)O.O=S1c2ccccc2Cc2ccccc21.